The number of benzene rings is 1. The van der Waals surface area contributed by atoms with Gasteiger partial charge in [0.25, 0.3) is 0 Å². The van der Waals surface area contributed by atoms with Crippen molar-refractivity contribution in [1.29, 1.82) is 0 Å². The number of nitrogens with zero attached hydrogens (tertiary/aromatic N) is 5. The van der Waals surface area contributed by atoms with Crippen molar-refractivity contribution in [1.82, 2.24) is 25.3 Å². The fraction of sp³-hybridized carbons (Fsp3) is 0.316. The molecule has 0 radical (unpaired) electrons. The van der Waals surface area contributed by atoms with Crippen LogP contribution in [0.1, 0.15) is 17.0 Å². The standard InChI is InChI=1S/C19H20N6O2S/c1-13-22-23-19(28-13)24-12-15(9-17(24)26)18(27)20-8-7-14-10-21-25(11-14)16-5-3-2-4-6-16/h2-6,10-11,15H,7-9,12H2,1H3,(H,20,27). The van der Waals surface area contributed by atoms with E-state index in [1.54, 1.807) is 11.1 Å². The second kappa shape index (κ2) is 7.89. The van der Waals surface area contributed by atoms with Gasteiger partial charge in [-0.2, -0.15) is 5.10 Å². The summed E-state index contributed by atoms with van der Waals surface area (Å²) in [7, 11) is 0. The van der Waals surface area contributed by atoms with Crippen molar-refractivity contribution in [2.75, 3.05) is 18.0 Å². The lowest BCUT2D eigenvalue weighted by atomic mass is 10.1. The first-order valence-electron chi connectivity index (χ1n) is 9.07. The van der Waals surface area contributed by atoms with Crippen LogP contribution in [-0.4, -0.2) is 44.9 Å². The van der Waals surface area contributed by atoms with Gasteiger partial charge in [0.1, 0.15) is 5.01 Å². The predicted molar refractivity (Wildman–Crippen MR) is 105 cm³/mol. The molecule has 1 fully saturated rings. The van der Waals surface area contributed by atoms with Crippen LogP contribution in [0.5, 0.6) is 0 Å². The molecule has 9 heteroatoms. The van der Waals surface area contributed by atoms with Gasteiger partial charge in [-0.15, -0.1) is 10.2 Å². The third-order valence-electron chi connectivity index (χ3n) is 4.61. The second-order valence-electron chi connectivity index (χ2n) is 6.68. The molecule has 4 rings (SSSR count). The van der Waals surface area contributed by atoms with Crippen LogP contribution in [0, 0.1) is 12.8 Å². The minimum absolute atomic E-state index is 0.0829. The molecular formula is C19H20N6O2S. The number of nitrogens with one attached hydrogen (secondary N) is 1. The number of aromatic nitrogens is 4. The van der Waals surface area contributed by atoms with E-state index in [2.05, 4.69) is 20.6 Å². The molecule has 1 saturated heterocycles. The van der Waals surface area contributed by atoms with E-state index in [9.17, 15) is 9.59 Å². The molecule has 1 aliphatic rings. The average Bonchev–Trinajstić information content (AvgIpc) is 3.42. The first kappa shape index (κ1) is 18.3. The molecule has 0 aliphatic carbocycles. The number of hydrogen-bond acceptors (Lipinski definition) is 6. The van der Waals surface area contributed by atoms with Gasteiger partial charge in [-0.1, -0.05) is 29.5 Å². The molecule has 1 aliphatic heterocycles. The summed E-state index contributed by atoms with van der Waals surface area (Å²) in [5, 5.41) is 16.6. The highest BCUT2D eigenvalue weighted by atomic mass is 32.1. The maximum atomic E-state index is 12.4. The van der Waals surface area contributed by atoms with Gasteiger partial charge in [0.15, 0.2) is 0 Å². The molecule has 1 N–H and O–H groups in total. The molecule has 0 bridgehead atoms. The molecule has 144 valence electrons. The summed E-state index contributed by atoms with van der Waals surface area (Å²) in [6.07, 6.45) is 4.65. The molecule has 1 aromatic carbocycles. The lowest BCUT2D eigenvalue weighted by Gasteiger charge is -2.12. The second-order valence-corrected chi connectivity index (χ2v) is 7.84. The molecule has 0 spiro atoms. The molecule has 2 amide bonds. The Morgan fingerprint density at radius 3 is 2.86 bits per heavy atom. The topological polar surface area (TPSA) is 93.0 Å². The highest BCUT2D eigenvalue weighted by Crippen LogP contribution is 2.27. The van der Waals surface area contributed by atoms with Gasteiger partial charge < -0.3 is 5.32 Å². The van der Waals surface area contributed by atoms with E-state index in [0.717, 1.165) is 16.3 Å². The summed E-state index contributed by atoms with van der Waals surface area (Å²) in [6.45, 7) is 2.69. The molecule has 28 heavy (non-hydrogen) atoms. The van der Waals surface area contributed by atoms with E-state index < -0.39 is 0 Å². The van der Waals surface area contributed by atoms with Gasteiger partial charge >= 0.3 is 0 Å². The van der Waals surface area contributed by atoms with E-state index in [-0.39, 0.29) is 24.2 Å². The molecule has 8 nitrogen and oxygen atoms in total. The van der Waals surface area contributed by atoms with Gasteiger partial charge in [0.2, 0.25) is 16.9 Å². The van der Waals surface area contributed by atoms with E-state index in [1.807, 2.05) is 48.1 Å². The molecule has 1 unspecified atom stereocenters. The Morgan fingerprint density at radius 2 is 2.11 bits per heavy atom. The van der Waals surface area contributed by atoms with Crippen molar-refractivity contribution in [2.45, 2.75) is 19.8 Å². The highest BCUT2D eigenvalue weighted by Gasteiger charge is 2.36. The molecule has 3 aromatic rings. The molecular weight excluding hydrogens is 376 g/mol. The smallest absolute Gasteiger partial charge is 0.229 e. The predicted octanol–water partition coefficient (Wildman–Crippen LogP) is 1.74. The third kappa shape index (κ3) is 3.94. The number of carbonyl (C=O) groups is 2. The van der Waals surface area contributed by atoms with Crippen molar-refractivity contribution in [3.8, 4) is 5.69 Å². The van der Waals surface area contributed by atoms with Gasteiger partial charge in [0, 0.05) is 25.7 Å². The van der Waals surface area contributed by atoms with Gasteiger partial charge in [0.05, 0.1) is 17.8 Å². The van der Waals surface area contributed by atoms with Gasteiger partial charge in [-0.05, 0) is 31.0 Å². The average molecular weight is 396 g/mol. The zero-order valence-electron chi connectivity index (χ0n) is 15.4. The quantitative estimate of drug-likeness (QED) is 0.685. The van der Waals surface area contributed by atoms with E-state index in [0.29, 0.717) is 24.6 Å². The van der Waals surface area contributed by atoms with Crippen LogP contribution in [0.2, 0.25) is 0 Å². The highest BCUT2D eigenvalue weighted by molar-refractivity contribution is 7.15. The number of hydrogen-bond donors (Lipinski definition) is 1. The zero-order valence-corrected chi connectivity index (χ0v) is 16.2. The Balaban J connectivity index is 1.28. The minimum Gasteiger partial charge on any atom is -0.355 e. The Hall–Kier alpha value is -3.07. The molecule has 3 heterocycles. The van der Waals surface area contributed by atoms with E-state index in [1.165, 1.54) is 11.3 Å². The number of carbonyl (C=O) groups excluding carboxylic acids is 2. The first-order chi connectivity index (χ1) is 13.6. The number of amides is 2. The van der Waals surface area contributed by atoms with Crippen LogP contribution in [-0.2, 0) is 16.0 Å². The lowest BCUT2D eigenvalue weighted by Crippen LogP contribution is -2.34. The van der Waals surface area contributed by atoms with Crippen molar-refractivity contribution in [2.24, 2.45) is 5.92 Å². The fourth-order valence-electron chi connectivity index (χ4n) is 3.15. The number of para-hydroxylation sites is 1. The van der Waals surface area contributed by atoms with Crippen LogP contribution in [0.4, 0.5) is 5.13 Å². The fourth-order valence-corrected chi connectivity index (χ4v) is 3.86. The number of anilines is 1. The maximum Gasteiger partial charge on any atom is 0.229 e. The Labute approximate surface area is 166 Å². The van der Waals surface area contributed by atoms with Gasteiger partial charge in [-0.3, -0.25) is 14.5 Å². The van der Waals surface area contributed by atoms with Crippen molar-refractivity contribution < 1.29 is 9.59 Å². The Kier molecular flexibility index (Phi) is 5.16. The van der Waals surface area contributed by atoms with E-state index >= 15 is 0 Å². The van der Waals surface area contributed by atoms with Gasteiger partial charge in [-0.25, -0.2) is 4.68 Å². The lowest BCUT2D eigenvalue weighted by molar-refractivity contribution is -0.126. The normalized spacial score (nSPS) is 16.5. The van der Waals surface area contributed by atoms with Crippen molar-refractivity contribution in [3.63, 3.8) is 0 Å². The summed E-state index contributed by atoms with van der Waals surface area (Å²) >= 11 is 1.36. The van der Waals surface area contributed by atoms with Crippen LogP contribution in [0.15, 0.2) is 42.7 Å². The summed E-state index contributed by atoms with van der Waals surface area (Å²) in [5.74, 6) is -0.545. The van der Waals surface area contributed by atoms with Crippen LogP contribution < -0.4 is 10.2 Å². The van der Waals surface area contributed by atoms with Crippen LogP contribution >= 0.6 is 11.3 Å². The summed E-state index contributed by atoms with van der Waals surface area (Å²) in [4.78, 5) is 26.2. The summed E-state index contributed by atoms with van der Waals surface area (Å²) in [5.41, 5.74) is 2.03. The Bertz CT molecular complexity index is 983. The van der Waals surface area contributed by atoms with E-state index in [4.69, 9.17) is 0 Å². The first-order valence-corrected chi connectivity index (χ1v) is 9.89. The number of aryl methyl sites for hydroxylation is 1. The molecule has 0 saturated carbocycles. The summed E-state index contributed by atoms with van der Waals surface area (Å²) < 4.78 is 1.81. The SMILES string of the molecule is Cc1nnc(N2CC(C(=O)NCCc3cnn(-c4ccccc4)c3)CC2=O)s1. The number of rotatable bonds is 6. The minimum atomic E-state index is -0.358. The molecule has 1 atom stereocenters. The maximum absolute atomic E-state index is 12.4. The largest absolute Gasteiger partial charge is 0.355 e. The third-order valence-corrected chi connectivity index (χ3v) is 5.47. The van der Waals surface area contributed by atoms with Crippen molar-refractivity contribution in [3.05, 3.63) is 53.3 Å². The van der Waals surface area contributed by atoms with Crippen LogP contribution in [0.25, 0.3) is 5.69 Å². The summed E-state index contributed by atoms with van der Waals surface area (Å²) in [6, 6.07) is 9.87. The molecule has 2 aromatic heterocycles. The van der Waals surface area contributed by atoms with Crippen LogP contribution in [0.3, 0.4) is 0 Å². The zero-order chi connectivity index (χ0) is 19.5. The monoisotopic (exact) mass is 396 g/mol. The Morgan fingerprint density at radius 1 is 1.29 bits per heavy atom. The van der Waals surface area contributed by atoms with Crippen molar-refractivity contribution >= 4 is 28.3 Å².